The molecule has 16 heavy (non-hydrogen) atoms. The van der Waals surface area contributed by atoms with Gasteiger partial charge in [0.15, 0.2) is 0 Å². The van der Waals surface area contributed by atoms with Gasteiger partial charge in [-0.2, -0.15) is 0 Å². The summed E-state index contributed by atoms with van der Waals surface area (Å²) in [5, 5.41) is 0. The topological polar surface area (TPSA) is 15.7 Å². The van der Waals surface area contributed by atoms with E-state index in [0.29, 0.717) is 5.54 Å². The second kappa shape index (κ2) is 6.58. The molecule has 3 heteroatoms. The lowest BCUT2D eigenvalue weighted by atomic mass is 10.1. The maximum Gasteiger partial charge on any atom is 0.0593 e. The van der Waals surface area contributed by atoms with E-state index in [2.05, 4.69) is 37.5 Å². The Bertz CT molecular complexity index is 181. The zero-order chi connectivity index (χ0) is 12.0. The zero-order valence-electron chi connectivity index (χ0n) is 11.5. The van der Waals surface area contributed by atoms with Gasteiger partial charge in [-0.15, -0.1) is 0 Å². The van der Waals surface area contributed by atoms with Gasteiger partial charge < -0.3 is 4.74 Å². The molecule has 0 amide bonds. The lowest BCUT2D eigenvalue weighted by molar-refractivity contribution is 0.0417. The quantitative estimate of drug-likeness (QED) is 0.668. The first-order valence-electron chi connectivity index (χ1n) is 6.59. The second-order valence-electron chi connectivity index (χ2n) is 5.61. The van der Waals surface area contributed by atoms with Crippen LogP contribution in [0.5, 0.6) is 0 Å². The van der Waals surface area contributed by atoms with Crippen molar-refractivity contribution in [1.82, 2.24) is 9.80 Å². The molecule has 0 atom stereocenters. The van der Waals surface area contributed by atoms with E-state index in [-0.39, 0.29) is 0 Å². The second-order valence-corrected chi connectivity index (χ2v) is 5.61. The number of piperazine rings is 1. The van der Waals surface area contributed by atoms with Gasteiger partial charge in [0.25, 0.3) is 0 Å². The van der Waals surface area contributed by atoms with Crippen molar-refractivity contribution in [1.29, 1.82) is 0 Å². The van der Waals surface area contributed by atoms with Crippen LogP contribution in [0.1, 0.15) is 34.1 Å². The predicted octanol–water partition coefficient (Wildman–Crippen LogP) is 1.83. The zero-order valence-corrected chi connectivity index (χ0v) is 11.5. The molecule has 0 unspecified atom stereocenters. The van der Waals surface area contributed by atoms with Gasteiger partial charge in [0.1, 0.15) is 0 Å². The van der Waals surface area contributed by atoms with Crippen LogP contribution in [-0.4, -0.2) is 61.3 Å². The highest BCUT2D eigenvalue weighted by Crippen LogP contribution is 2.15. The standard InChI is InChI=1S/C13H28N2O/c1-5-11-16-12-10-14-6-8-15(9-7-14)13(2,3)4/h5-12H2,1-4H3. The molecule has 0 spiro atoms. The molecule has 0 bridgehead atoms. The summed E-state index contributed by atoms with van der Waals surface area (Å²) >= 11 is 0. The molecule has 0 N–H and O–H groups in total. The van der Waals surface area contributed by atoms with Crippen LogP contribution in [-0.2, 0) is 4.74 Å². The first-order chi connectivity index (χ1) is 7.54. The van der Waals surface area contributed by atoms with Crippen LogP contribution in [0.4, 0.5) is 0 Å². The van der Waals surface area contributed by atoms with Gasteiger partial charge in [-0.1, -0.05) is 6.92 Å². The summed E-state index contributed by atoms with van der Waals surface area (Å²) in [6.07, 6.45) is 1.12. The maximum atomic E-state index is 5.52. The lowest BCUT2D eigenvalue weighted by Gasteiger charge is -2.42. The maximum absolute atomic E-state index is 5.52. The molecule has 0 radical (unpaired) electrons. The van der Waals surface area contributed by atoms with Crippen molar-refractivity contribution < 1.29 is 4.74 Å². The number of hydrogen-bond acceptors (Lipinski definition) is 3. The molecule has 1 rings (SSSR count). The lowest BCUT2D eigenvalue weighted by Crippen LogP contribution is -2.53. The van der Waals surface area contributed by atoms with Gasteiger partial charge in [-0.25, -0.2) is 0 Å². The van der Waals surface area contributed by atoms with Crippen LogP contribution < -0.4 is 0 Å². The summed E-state index contributed by atoms with van der Waals surface area (Å²) in [5.41, 5.74) is 0.324. The summed E-state index contributed by atoms with van der Waals surface area (Å²) in [5.74, 6) is 0. The van der Waals surface area contributed by atoms with E-state index in [0.717, 1.165) is 26.2 Å². The van der Waals surface area contributed by atoms with Crippen molar-refractivity contribution in [2.45, 2.75) is 39.7 Å². The van der Waals surface area contributed by atoms with E-state index in [4.69, 9.17) is 4.74 Å². The van der Waals surface area contributed by atoms with Crippen LogP contribution in [0.3, 0.4) is 0 Å². The minimum atomic E-state index is 0.324. The van der Waals surface area contributed by atoms with Gasteiger partial charge in [0.2, 0.25) is 0 Å². The summed E-state index contributed by atoms with van der Waals surface area (Å²) in [7, 11) is 0. The highest BCUT2D eigenvalue weighted by molar-refractivity contribution is 4.81. The Morgan fingerprint density at radius 2 is 1.62 bits per heavy atom. The normalized spacial score (nSPS) is 20.2. The predicted molar refractivity (Wildman–Crippen MR) is 68.9 cm³/mol. The fourth-order valence-corrected chi connectivity index (χ4v) is 2.08. The van der Waals surface area contributed by atoms with Crippen LogP contribution in [0, 0.1) is 0 Å². The summed E-state index contributed by atoms with van der Waals surface area (Å²) < 4.78 is 5.52. The molecule has 0 aromatic carbocycles. The molecule has 0 aromatic rings. The fourth-order valence-electron chi connectivity index (χ4n) is 2.08. The molecule has 0 saturated carbocycles. The Morgan fingerprint density at radius 1 is 1.00 bits per heavy atom. The van der Waals surface area contributed by atoms with E-state index < -0.39 is 0 Å². The smallest absolute Gasteiger partial charge is 0.0593 e. The van der Waals surface area contributed by atoms with Crippen LogP contribution in [0.15, 0.2) is 0 Å². The Balaban J connectivity index is 2.12. The fraction of sp³-hybridized carbons (Fsp3) is 1.00. The third-order valence-electron chi connectivity index (χ3n) is 3.22. The third kappa shape index (κ3) is 4.81. The Morgan fingerprint density at radius 3 is 2.12 bits per heavy atom. The number of rotatable bonds is 5. The molecule has 1 aliphatic rings. The molecule has 1 aliphatic heterocycles. The highest BCUT2D eigenvalue weighted by Gasteiger charge is 2.25. The SMILES string of the molecule is CCCOCCN1CCN(C(C)(C)C)CC1. The number of hydrogen-bond donors (Lipinski definition) is 0. The van der Waals surface area contributed by atoms with Crippen molar-refractivity contribution in [2.24, 2.45) is 0 Å². The van der Waals surface area contributed by atoms with Gasteiger partial charge in [-0.05, 0) is 27.2 Å². The van der Waals surface area contributed by atoms with Gasteiger partial charge in [-0.3, -0.25) is 9.80 Å². The molecule has 96 valence electrons. The van der Waals surface area contributed by atoms with E-state index in [1.165, 1.54) is 26.2 Å². The molecule has 0 aromatic heterocycles. The van der Waals surface area contributed by atoms with E-state index in [1.54, 1.807) is 0 Å². The van der Waals surface area contributed by atoms with Gasteiger partial charge >= 0.3 is 0 Å². The molecule has 3 nitrogen and oxygen atoms in total. The number of nitrogens with zero attached hydrogens (tertiary/aromatic N) is 2. The monoisotopic (exact) mass is 228 g/mol. The van der Waals surface area contributed by atoms with Crippen molar-refractivity contribution in [2.75, 3.05) is 45.9 Å². The van der Waals surface area contributed by atoms with Crippen LogP contribution in [0.2, 0.25) is 0 Å². The third-order valence-corrected chi connectivity index (χ3v) is 3.22. The number of ether oxygens (including phenoxy) is 1. The Hall–Kier alpha value is -0.120. The Labute approximate surface area is 101 Å². The first-order valence-corrected chi connectivity index (χ1v) is 6.59. The van der Waals surface area contributed by atoms with Crippen molar-refractivity contribution >= 4 is 0 Å². The molecule has 1 heterocycles. The van der Waals surface area contributed by atoms with Gasteiger partial charge in [0.05, 0.1) is 6.61 Å². The van der Waals surface area contributed by atoms with Crippen LogP contribution in [0.25, 0.3) is 0 Å². The van der Waals surface area contributed by atoms with E-state index in [9.17, 15) is 0 Å². The average molecular weight is 228 g/mol. The summed E-state index contributed by atoms with van der Waals surface area (Å²) in [6.45, 7) is 16.7. The molecular weight excluding hydrogens is 200 g/mol. The highest BCUT2D eigenvalue weighted by atomic mass is 16.5. The molecule has 1 fully saturated rings. The van der Waals surface area contributed by atoms with Crippen LogP contribution >= 0.6 is 0 Å². The molecule has 1 saturated heterocycles. The van der Waals surface area contributed by atoms with E-state index in [1.807, 2.05) is 0 Å². The molecule has 0 aliphatic carbocycles. The summed E-state index contributed by atoms with van der Waals surface area (Å²) in [4.78, 5) is 5.08. The van der Waals surface area contributed by atoms with Gasteiger partial charge in [0, 0.05) is 44.9 Å². The minimum absolute atomic E-state index is 0.324. The largest absolute Gasteiger partial charge is 0.380 e. The van der Waals surface area contributed by atoms with Crippen molar-refractivity contribution in [3.05, 3.63) is 0 Å². The average Bonchev–Trinajstić information content (AvgIpc) is 2.24. The summed E-state index contributed by atoms with van der Waals surface area (Å²) in [6, 6.07) is 0. The van der Waals surface area contributed by atoms with E-state index >= 15 is 0 Å². The molecular formula is C13H28N2O. The van der Waals surface area contributed by atoms with Crippen molar-refractivity contribution in [3.63, 3.8) is 0 Å². The first kappa shape index (κ1) is 13.9. The minimum Gasteiger partial charge on any atom is -0.380 e. The Kier molecular flexibility index (Phi) is 5.73. The van der Waals surface area contributed by atoms with Crippen molar-refractivity contribution in [3.8, 4) is 0 Å².